The highest BCUT2D eigenvalue weighted by Gasteiger charge is 2.31. The number of hydrogen-bond acceptors (Lipinski definition) is 3. The van der Waals surface area contributed by atoms with Crippen LogP contribution in [0.2, 0.25) is 0 Å². The molecule has 3 heteroatoms. The predicted molar refractivity (Wildman–Crippen MR) is 56.5 cm³/mol. The molecule has 2 unspecified atom stereocenters. The van der Waals surface area contributed by atoms with Crippen LogP contribution in [0.3, 0.4) is 0 Å². The van der Waals surface area contributed by atoms with Crippen LogP contribution >= 0.6 is 0 Å². The largest absolute Gasteiger partial charge is 0.495 e. The Morgan fingerprint density at radius 2 is 2.36 bits per heavy atom. The number of anilines is 1. The van der Waals surface area contributed by atoms with Gasteiger partial charge in [0.05, 0.1) is 13.3 Å². The minimum absolute atomic E-state index is 0.801. The van der Waals surface area contributed by atoms with E-state index in [1.54, 1.807) is 13.3 Å². The minimum atomic E-state index is 0.801. The number of nitrogens with one attached hydrogen (secondary N) is 1. The van der Waals surface area contributed by atoms with Crippen LogP contribution in [-0.4, -0.2) is 18.6 Å². The average Bonchev–Trinajstić information content (AvgIpc) is 2.92. The summed E-state index contributed by atoms with van der Waals surface area (Å²) in [5.41, 5.74) is 0. The molecule has 3 nitrogen and oxygen atoms in total. The molecule has 1 fully saturated rings. The first-order valence-corrected chi connectivity index (χ1v) is 5.03. The maximum absolute atomic E-state index is 5.03. The van der Waals surface area contributed by atoms with E-state index in [9.17, 15) is 0 Å². The summed E-state index contributed by atoms with van der Waals surface area (Å²) in [4.78, 5) is 4.24. The van der Waals surface area contributed by atoms with Crippen molar-refractivity contribution in [3.05, 3.63) is 18.3 Å². The van der Waals surface area contributed by atoms with Crippen molar-refractivity contribution >= 4 is 5.82 Å². The van der Waals surface area contributed by atoms with E-state index < -0.39 is 0 Å². The fourth-order valence-electron chi connectivity index (χ4n) is 1.52. The maximum Gasteiger partial charge on any atom is 0.137 e. The molecule has 0 aliphatic heterocycles. The predicted octanol–water partition coefficient (Wildman–Crippen LogP) is 2.16. The minimum Gasteiger partial charge on any atom is -0.495 e. The third kappa shape index (κ3) is 2.16. The van der Waals surface area contributed by atoms with Crippen LogP contribution in [0.1, 0.15) is 13.3 Å². The molecule has 1 aromatic heterocycles. The topological polar surface area (TPSA) is 34.1 Å². The zero-order valence-electron chi connectivity index (χ0n) is 8.66. The molecule has 1 aliphatic rings. The Morgan fingerprint density at radius 1 is 1.57 bits per heavy atom. The fourth-order valence-corrected chi connectivity index (χ4v) is 1.52. The van der Waals surface area contributed by atoms with E-state index in [1.165, 1.54) is 6.42 Å². The van der Waals surface area contributed by atoms with Crippen LogP contribution in [0, 0.1) is 11.8 Å². The molecule has 1 heterocycles. The molecule has 0 spiro atoms. The highest BCUT2D eigenvalue weighted by atomic mass is 16.5. The zero-order valence-corrected chi connectivity index (χ0v) is 8.66. The van der Waals surface area contributed by atoms with E-state index in [0.717, 1.165) is 29.9 Å². The van der Waals surface area contributed by atoms with Gasteiger partial charge in [-0.1, -0.05) is 6.92 Å². The van der Waals surface area contributed by atoms with Gasteiger partial charge < -0.3 is 10.1 Å². The molecule has 1 aliphatic carbocycles. The van der Waals surface area contributed by atoms with Crippen LogP contribution in [0.5, 0.6) is 5.75 Å². The lowest BCUT2D eigenvalue weighted by Crippen LogP contribution is -2.05. The Balaban J connectivity index is 1.84. The fraction of sp³-hybridized carbons (Fsp3) is 0.545. The number of methoxy groups -OCH3 is 1. The summed E-state index contributed by atoms with van der Waals surface area (Å²) in [5, 5.41) is 3.32. The van der Waals surface area contributed by atoms with Crippen LogP contribution in [0.15, 0.2) is 18.3 Å². The standard InChI is InChI=1S/C11H16N2O/c1-8-5-9(8)6-12-11-4-3-10(14-2)7-13-11/h3-4,7-9H,5-6H2,1-2H3,(H,12,13). The first-order valence-electron chi connectivity index (χ1n) is 5.03. The summed E-state index contributed by atoms with van der Waals surface area (Å²) < 4.78 is 5.03. The number of aromatic nitrogens is 1. The molecule has 1 N–H and O–H groups in total. The van der Waals surface area contributed by atoms with Gasteiger partial charge in [-0.25, -0.2) is 4.98 Å². The van der Waals surface area contributed by atoms with Crippen molar-refractivity contribution in [2.75, 3.05) is 19.0 Å². The summed E-state index contributed by atoms with van der Waals surface area (Å²) in [6, 6.07) is 3.87. The Hall–Kier alpha value is -1.25. The molecular formula is C11H16N2O. The van der Waals surface area contributed by atoms with Gasteiger partial charge in [0.2, 0.25) is 0 Å². The molecule has 0 bridgehead atoms. The second-order valence-electron chi connectivity index (χ2n) is 3.94. The third-order valence-electron chi connectivity index (χ3n) is 2.79. The van der Waals surface area contributed by atoms with E-state index in [-0.39, 0.29) is 0 Å². The Morgan fingerprint density at radius 3 is 2.86 bits per heavy atom. The monoisotopic (exact) mass is 192 g/mol. The Labute approximate surface area is 84.5 Å². The molecule has 2 rings (SSSR count). The number of ether oxygens (including phenoxy) is 1. The lowest BCUT2D eigenvalue weighted by Gasteiger charge is -2.05. The third-order valence-corrected chi connectivity index (χ3v) is 2.79. The van der Waals surface area contributed by atoms with Crippen LogP contribution < -0.4 is 10.1 Å². The van der Waals surface area contributed by atoms with Crippen molar-refractivity contribution in [3.8, 4) is 5.75 Å². The smallest absolute Gasteiger partial charge is 0.137 e. The van der Waals surface area contributed by atoms with E-state index in [2.05, 4.69) is 17.2 Å². The molecular weight excluding hydrogens is 176 g/mol. The second-order valence-corrected chi connectivity index (χ2v) is 3.94. The van der Waals surface area contributed by atoms with Crippen LogP contribution in [-0.2, 0) is 0 Å². The molecule has 2 atom stereocenters. The van der Waals surface area contributed by atoms with E-state index in [1.807, 2.05) is 12.1 Å². The molecule has 1 aromatic rings. The molecule has 0 aromatic carbocycles. The summed E-state index contributed by atoms with van der Waals surface area (Å²) in [5.74, 6) is 3.47. The highest BCUT2D eigenvalue weighted by Crippen LogP contribution is 2.37. The first kappa shape index (κ1) is 9.31. The molecule has 76 valence electrons. The van der Waals surface area contributed by atoms with Crippen molar-refractivity contribution < 1.29 is 4.74 Å². The van der Waals surface area contributed by atoms with Crippen molar-refractivity contribution in [2.24, 2.45) is 11.8 Å². The zero-order chi connectivity index (χ0) is 9.97. The van der Waals surface area contributed by atoms with Gasteiger partial charge in [0.1, 0.15) is 11.6 Å². The van der Waals surface area contributed by atoms with E-state index >= 15 is 0 Å². The van der Waals surface area contributed by atoms with Crippen LogP contribution in [0.25, 0.3) is 0 Å². The lowest BCUT2D eigenvalue weighted by atomic mass is 10.3. The molecule has 1 saturated carbocycles. The second kappa shape index (κ2) is 3.86. The summed E-state index contributed by atoms with van der Waals surface area (Å²) in [7, 11) is 1.65. The molecule has 0 saturated heterocycles. The quantitative estimate of drug-likeness (QED) is 0.793. The molecule has 0 amide bonds. The lowest BCUT2D eigenvalue weighted by molar-refractivity contribution is 0.413. The van der Waals surface area contributed by atoms with E-state index in [4.69, 9.17) is 4.74 Å². The normalized spacial score (nSPS) is 24.4. The van der Waals surface area contributed by atoms with Gasteiger partial charge in [-0.05, 0) is 30.4 Å². The number of pyridine rings is 1. The number of nitrogens with zero attached hydrogens (tertiary/aromatic N) is 1. The summed E-state index contributed by atoms with van der Waals surface area (Å²) in [6.07, 6.45) is 3.09. The number of hydrogen-bond donors (Lipinski definition) is 1. The first-order chi connectivity index (χ1) is 6.79. The Bertz CT molecular complexity index is 297. The van der Waals surface area contributed by atoms with Gasteiger partial charge in [-0.3, -0.25) is 0 Å². The van der Waals surface area contributed by atoms with Gasteiger partial charge in [-0.15, -0.1) is 0 Å². The van der Waals surface area contributed by atoms with Crippen molar-refractivity contribution in [1.82, 2.24) is 4.98 Å². The SMILES string of the molecule is COc1ccc(NCC2CC2C)nc1. The van der Waals surface area contributed by atoms with Gasteiger partial charge in [0.25, 0.3) is 0 Å². The Kier molecular flexibility index (Phi) is 2.57. The average molecular weight is 192 g/mol. The number of rotatable bonds is 4. The molecule has 14 heavy (non-hydrogen) atoms. The molecule has 0 radical (unpaired) electrons. The van der Waals surface area contributed by atoms with Gasteiger partial charge in [0.15, 0.2) is 0 Å². The maximum atomic E-state index is 5.03. The van der Waals surface area contributed by atoms with Crippen molar-refractivity contribution in [2.45, 2.75) is 13.3 Å². The van der Waals surface area contributed by atoms with Crippen LogP contribution in [0.4, 0.5) is 5.82 Å². The van der Waals surface area contributed by atoms with Crippen molar-refractivity contribution in [3.63, 3.8) is 0 Å². The van der Waals surface area contributed by atoms with E-state index in [0.29, 0.717) is 0 Å². The summed E-state index contributed by atoms with van der Waals surface area (Å²) >= 11 is 0. The summed E-state index contributed by atoms with van der Waals surface area (Å²) in [6.45, 7) is 3.33. The van der Waals surface area contributed by atoms with Crippen molar-refractivity contribution in [1.29, 1.82) is 0 Å². The highest BCUT2D eigenvalue weighted by molar-refractivity contribution is 5.37. The van der Waals surface area contributed by atoms with Gasteiger partial charge >= 0.3 is 0 Å². The van der Waals surface area contributed by atoms with Gasteiger partial charge in [-0.2, -0.15) is 0 Å². The van der Waals surface area contributed by atoms with Gasteiger partial charge in [0, 0.05) is 6.54 Å².